The summed E-state index contributed by atoms with van der Waals surface area (Å²) in [6.07, 6.45) is 1.39. The van der Waals surface area contributed by atoms with E-state index in [-0.39, 0.29) is 5.91 Å². The van der Waals surface area contributed by atoms with Crippen molar-refractivity contribution in [1.29, 1.82) is 0 Å². The quantitative estimate of drug-likeness (QED) is 0.257. The Balaban J connectivity index is 1.96. The monoisotopic (exact) mass is 263 g/mol. The minimum absolute atomic E-state index is 0.359. The first-order valence-electron chi connectivity index (χ1n) is 5.26. The highest BCUT2D eigenvalue weighted by Crippen LogP contribution is 2.24. The highest BCUT2D eigenvalue weighted by Gasteiger charge is 2.08. The SMILES string of the molecule is NNC(=O)c1coc(CSc2ccc(N)cc2)c1. The molecule has 0 aliphatic rings. The van der Waals surface area contributed by atoms with Crippen molar-refractivity contribution >= 4 is 23.4 Å². The number of hydrazine groups is 1. The van der Waals surface area contributed by atoms with E-state index in [1.54, 1.807) is 17.8 Å². The van der Waals surface area contributed by atoms with Gasteiger partial charge >= 0.3 is 0 Å². The molecule has 18 heavy (non-hydrogen) atoms. The summed E-state index contributed by atoms with van der Waals surface area (Å²) in [5.41, 5.74) is 8.81. The molecule has 2 rings (SSSR count). The minimum Gasteiger partial charge on any atom is -0.468 e. The number of rotatable bonds is 4. The van der Waals surface area contributed by atoms with Crippen molar-refractivity contribution in [2.45, 2.75) is 10.6 Å². The summed E-state index contributed by atoms with van der Waals surface area (Å²) in [7, 11) is 0. The van der Waals surface area contributed by atoms with Gasteiger partial charge in [-0.15, -0.1) is 11.8 Å². The molecule has 1 aromatic heterocycles. The van der Waals surface area contributed by atoms with Crippen LogP contribution in [0.5, 0.6) is 0 Å². The topological polar surface area (TPSA) is 94.3 Å². The number of hydrogen-bond acceptors (Lipinski definition) is 5. The Bertz CT molecular complexity index is 537. The van der Waals surface area contributed by atoms with Crippen LogP contribution in [0.3, 0.4) is 0 Å². The number of carbonyl (C=O) groups excluding carboxylic acids is 1. The van der Waals surface area contributed by atoms with Gasteiger partial charge in [0.2, 0.25) is 0 Å². The number of anilines is 1. The zero-order valence-electron chi connectivity index (χ0n) is 9.55. The fraction of sp³-hybridized carbons (Fsp3) is 0.0833. The van der Waals surface area contributed by atoms with Crippen LogP contribution in [-0.2, 0) is 5.75 Å². The van der Waals surface area contributed by atoms with Gasteiger partial charge in [-0.3, -0.25) is 10.2 Å². The normalized spacial score (nSPS) is 10.3. The van der Waals surface area contributed by atoms with E-state index in [1.165, 1.54) is 6.26 Å². The predicted molar refractivity (Wildman–Crippen MR) is 70.8 cm³/mol. The second-order valence-corrected chi connectivity index (χ2v) is 4.68. The van der Waals surface area contributed by atoms with Crippen LogP contribution < -0.4 is 17.0 Å². The summed E-state index contributed by atoms with van der Waals surface area (Å²) in [4.78, 5) is 12.3. The molecular weight excluding hydrogens is 250 g/mol. The molecule has 6 heteroatoms. The third-order valence-electron chi connectivity index (χ3n) is 2.31. The molecule has 0 saturated carbocycles. The molecule has 0 radical (unpaired) electrons. The highest BCUT2D eigenvalue weighted by molar-refractivity contribution is 7.98. The molecule has 0 aliphatic heterocycles. The van der Waals surface area contributed by atoms with E-state index >= 15 is 0 Å². The Hall–Kier alpha value is -1.92. The smallest absolute Gasteiger partial charge is 0.268 e. The molecule has 5 N–H and O–H groups in total. The molecular formula is C12H13N3O2S. The Kier molecular flexibility index (Phi) is 3.91. The molecule has 0 atom stereocenters. The summed E-state index contributed by atoms with van der Waals surface area (Å²) < 4.78 is 5.27. The van der Waals surface area contributed by atoms with Gasteiger partial charge in [-0.05, 0) is 30.3 Å². The summed E-state index contributed by atoms with van der Waals surface area (Å²) in [5.74, 6) is 6.03. The third-order valence-corrected chi connectivity index (χ3v) is 3.34. The largest absolute Gasteiger partial charge is 0.468 e. The van der Waals surface area contributed by atoms with Gasteiger partial charge in [-0.2, -0.15) is 0 Å². The molecule has 0 spiro atoms. The molecule has 1 amide bonds. The molecule has 0 saturated heterocycles. The zero-order chi connectivity index (χ0) is 13.0. The van der Waals surface area contributed by atoms with Crippen LogP contribution in [0.25, 0.3) is 0 Å². The lowest BCUT2D eigenvalue weighted by molar-refractivity contribution is 0.0953. The van der Waals surface area contributed by atoms with Crippen molar-refractivity contribution < 1.29 is 9.21 Å². The van der Waals surface area contributed by atoms with Crippen molar-refractivity contribution in [3.8, 4) is 0 Å². The molecule has 2 aromatic rings. The molecule has 0 bridgehead atoms. The summed E-state index contributed by atoms with van der Waals surface area (Å²) in [6.45, 7) is 0. The average Bonchev–Trinajstić information content (AvgIpc) is 2.86. The van der Waals surface area contributed by atoms with E-state index in [9.17, 15) is 4.79 Å². The Morgan fingerprint density at radius 2 is 2.06 bits per heavy atom. The number of hydrogen-bond donors (Lipinski definition) is 3. The molecule has 1 aromatic carbocycles. The van der Waals surface area contributed by atoms with Crippen molar-refractivity contribution in [3.63, 3.8) is 0 Å². The third kappa shape index (κ3) is 3.06. The van der Waals surface area contributed by atoms with Crippen LogP contribution in [0.15, 0.2) is 45.9 Å². The number of nitrogen functional groups attached to an aromatic ring is 2. The Morgan fingerprint density at radius 1 is 1.33 bits per heavy atom. The number of thioether (sulfide) groups is 1. The van der Waals surface area contributed by atoms with Crippen LogP contribution in [0.1, 0.15) is 16.1 Å². The summed E-state index contributed by atoms with van der Waals surface area (Å²) >= 11 is 1.60. The van der Waals surface area contributed by atoms with Gasteiger partial charge in [-0.1, -0.05) is 0 Å². The van der Waals surface area contributed by atoms with E-state index < -0.39 is 0 Å². The maximum Gasteiger partial charge on any atom is 0.268 e. The first kappa shape index (κ1) is 12.5. The first-order valence-corrected chi connectivity index (χ1v) is 6.24. The molecule has 0 fully saturated rings. The van der Waals surface area contributed by atoms with E-state index in [4.69, 9.17) is 16.0 Å². The van der Waals surface area contributed by atoms with Crippen LogP contribution in [-0.4, -0.2) is 5.91 Å². The lowest BCUT2D eigenvalue weighted by atomic mass is 10.3. The van der Waals surface area contributed by atoms with Crippen LogP contribution >= 0.6 is 11.8 Å². The molecule has 94 valence electrons. The molecule has 0 aliphatic carbocycles. The number of amides is 1. The summed E-state index contributed by atoms with van der Waals surface area (Å²) in [6, 6.07) is 9.24. The van der Waals surface area contributed by atoms with Crippen molar-refractivity contribution in [1.82, 2.24) is 5.43 Å². The van der Waals surface area contributed by atoms with Gasteiger partial charge in [0.05, 0.1) is 11.3 Å². The van der Waals surface area contributed by atoms with E-state index in [0.717, 1.165) is 16.3 Å². The van der Waals surface area contributed by atoms with Crippen molar-refractivity contribution in [3.05, 3.63) is 47.9 Å². The average molecular weight is 263 g/mol. The lowest BCUT2D eigenvalue weighted by Gasteiger charge is -1.99. The molecule has 1 heterocycles. The van der Waals surface area contributed by atoms with Crippen LogP contribution in [0.4, 0.5) is 5.69 Å². The number of furan rings is 1. The van der Waals surface area contributed by atoms with Crippen LogP contribution in [0.2, 0.25) is 0 Å². The van der Waals surface area contributed by atoms with Gasteiger partial charge in [0.15, 0.2) is 0 Å². The second-order valence-electron chi connectivity index (χ2n) is 3.63. The Labute approximate surface area is 108 Å². The van der Waals surface area contributed by atoms with Crippen LogP contribution in [0, 0.1) is 0 Å². The standard InChI is InChI=1S/C12H13N3O2S/c13-9-1-3-11(4-2-9)18-7-10-5-8(6-17-10)12(16)15-14/h1-6H,7,13-14H2,(H,15,16). The highest BCUT2D eigenvalue weighted by atomic mass is 32.2. The molecule has 5 nitrogen and oxygen atoms in total. The molecule has 0 unspecified atom stereocenters. The number of nitrogens with one attached hydrogen (secondary N) is 1. The van der Waals surface area contributed by atoms with E-state index in [2.05, 4.69) is 5.43 Å². The number of carbonyl (C=O) groups is 1. The van der Waals surface area contributed by atoms with Crippen molar-refractivity contribution in [2.24, 2.45) is 5.84 Å². The lowest BCUT2D eigenvalue weighted by Crippen LogP contribution is -2.29. The zero-order valence-corrected chi connectivity index (χ0v) is 10.4. The van der Waals surface area contributed by atoms with Gasteiger partial charge in [0.25, 0.3) is 5.91 Å². The predicted octanol–water partition coefficient (Wildman–Crippen LogP) is 1.76. The number of benzene rings is 1. The Morgan fingerprint density at radius 3 is 2.72 bits per heavy atom. The second kappa shape index (κ2) is 5.61. The van der Waals surface area contributed by atoms with E-state index in [0.29, 0.717) is 11.3 Å². The fourth-order valence-corrected chi connectivity index (χ4v) is 2.17. The first-order chi connectivity index (χ1) is 8.69. The van der Waals surface area contributed by atoms with Gasteiger partial charge in [-0.25, -0.2) is 5.84 Å². The van der Waals surface area contributed by atoms with Crippen molar-refractivity contribution in [2.75, 3.05) is 5.73 Å². The number of nitrogens with two attached hydrogens (primary N) is 2. The fourth-order valence-electron chi connectivity index (χ4n) is 1.38. The van der Waals surface area contributed by atoms with Gasteiger partial charge in [0.1, 0.15) is 12.0 Å². The maximum absolute atomic E-state index is 11.2. The summed E-state index contributed by atoms with van der Waals surface area (Å²) in [5, 5.41) is 0. The van der Waals surface area contributed by atoms with E-state index in [1.807, 2.05) is 24.3 Å². The maximum atomic E-state index is 11.2. The van der Waals surface area contributed by atoms with Gasteiger partial charge < -0.3 is 10.2 Å². The van der Waals surface area contributed by atoms with Gasteiger partial charge in [0, 0.05) is 10.6 Å². The minimum atomic E-state index is -0.359.